The Balaban J connectivity index is 1.33. The van der Waals surface area contributed by atoms with E-state index < -0.39 is 14.7 Å². The highest BCUT2D eigenvalue weighted by atomic mass is 31.2. The predicted molar refractivity (Wildman–Crippen MR) is 165 cm³/mol. The number of aliphatic hydroxyl groups is 1. The maximum absolute atomic E-state index is 10.5. The molecule has 42 heavy (non-hydrogen) atoms. The third kappa shape index (κ3) is 8.03. The van der Waals surface area contributed by atoms with Gasteiger partial charge in [0.15, 0.2) is 11.5 Å². The Bertz CT molecular complexity index is 1320. The van der Waals surface area contributed by atoms with Gasteiger partial charge >= 0.3 is 8.60 Å². The van der Waals surface area contributed by atoms with Crippen LogP contribution in [0.25, 0.3) is 11.1 Å². The van der Waals surface area contributed by atoms with Crippen molar-refractivity contribution in [2.75, 3.05) is 26.5 Å². The molecule has 4 N–H and O–H groups in total. The Morgan fingerprint density at radius 2 is 1.52 bits per heavy atom. The zero-order chi connectivity index (χ0) is 29.3. The Hall–Kier alpha value is -3.13. The number of hydrogen-bond acceptors (Lipinski definition) is 8. The summed E-state index contributed by atoms with van der Waals surface area (Å²) in [5, 5.41) is 13.9. The van der Waals surface area contributed by atoms with Crippen LogP contribution in [-0.4, -0.2) is 47.5 Å². The monoisotopic (exact) mass is 593 g/mol. The Kier molecular flexibility index (Phi) is 10.7. The van der Waals surface area contributed by atoms with Crippen molar-refractivity contribution in [1.29, 1.82) is 0 Å². The number of rotatable bonds is 13. The molecule has 5 rings (SSSR count). The van der Waals surface area contributed by atoms with Gasteiger partial charge in [0, 0.05) is 6.54 Å². The summed E-state index contributed by atoms with van der Waals surface area (Å²) >= 11 is 0. The predicted octanol–water partition coefficient (Wildman–Crippen LogP) is 6.28. The number of allylic oxidation sites excluding steroid dienone is 1. The summed E-state index contributed by atoms with van der Waals surface area (Å²) in [4.78, 5) is 18.5. The van der Waals surface area contributed by atoms with E-state index in [1.807, 2.05) is 54.6 Å². The van der Waals surface area contributed by atoms with E-state index in [1.54, 1.807) is 12.1 Å². The largest absolute Gasteiger partial charge is 0.491 e. The molecule has 1 unspecified atom stereocenters. The van der Waals surface area contributed by atoms with Crippen LogP contribution in [0.1, 0.15) is 62.1 Å². The minimum Gasteiger partial charge on any atom is -0.491 e. The summed E-state index contributed by atoms with van der Waals surface area (Å²) in [6, 6.07) is 21.1. The molecule has 0 saturated heterocycles. The number of benzene rings is 3. The molecule has 1 heterocycles. The Labute approximate surface area is 248 Å². The average molecular weight is 594 g/mol. The van der Waals surface area contributed by atoms with Gasteiger partial charge in [-0.2, -0.15) is 0 Å². The normalized spacial score (nSPS) is 16.3. The number of hydrogen-bond donors (Lipinski definition) is 4. The maximum atomic E-state index is 10.5. The lowest BCUT2D eigenvalue weighted by atomic mass is 9.88. The molecule has 1 fully saturated rings. The van der Waals surface area contributed by atoms with E-state index in [4.69, 9.17) is 18.7 Å². The average Bonchev–Trinajstić information content (AvgIpc) is 3.48. The number of fused-ring (bicyclic) bond motifs is 1. The lowest BCUT2D eigenvalue weighted by Crippen LogP contribution is -2.34. The zero-order valence-corrected chi connectivity index (χ0v) is 24.9. The molecule has 8 nitrogen and oxygen atoms in total. The van der Waals surface area contributed by atoms with Gasteiger partial charge in [0.05, 0.1) is 0 Å². The van der Waals surface area contributed by atoms with Crippen molar-refractivity contribution >= 4 is 19.7 Å². The van der Waals surface area contributed by atoms with Crippen LogP contribution in [-0.2, 0) is 0 Å². The maximum Gasteiger partial charge on any atom is 0.391 e. The number of aliphatic hydroxyl groups excluding tert-OH is 1. The van der Waals surface area contributed by atoms with Crippen molar-refractivity contribution in [1.82, 2.24) is 5.32 Å². The minimum atomic E-state index is -2.49. The van der Waals surface area contributed by atoms with Crippen molar-refractivity contribution < 1.29 is 33.6 Å². The summed E-state index contributed by atoms with van der Waals surface area (Å²) in [6.07, 6.45) is 6.71. The topological polar surface area (TPSA) is 110 Å². The van der Waals surface area contributed by atoms with Crippen LogP contribution in [0, 0.1) is 5.92 Å². The zero-order valence-electron chi connectivity index (χ0n) is 24.0. The number of nitrogens with one attached hydrogen (secondary N) is 1. The van der Waals surface area contributed by atoms with E-state index in [0.717, 1.165) is 58.2 Å². The molecule has 1 atom stereocenters. The van der Waals surface area contributed by atoms with Gasteiger partial charge in [-0.25, -0.2) is 0 Å². The smallest absolute Gasteiger partial charge is 0.391 e. The fourth-order valence-electron chi connectivity index (χ4n) is 5.72. The molecule has 3 aromatic rings. The van der Waals surface area contributed by atoms with Crippen LogP contribution in [0.15, 0.2) is 66.7 Å². The molecule has 0 bridgehead atoms. The van der Waals surface area contributed by atoms with Crippen LogP contribution < -0.4 is 24.1 Å². The van der Waals surface area contributed by atoms with Crippen molar-refractivity contribution in [2.24, 2.45) is 5.92 Å². The first-order valence-electron chi connectivity index (χ1n) is 14.7. The highest BCUT2D eigenvalue weighted by Crippen LogP contribution is 2.40. The van der Waals surface area contributed by atoms with Gasteiger partial charge < -0.3 is 38.9 Å². The highest BCUT2D eigenvalue weighted by Gasteiger charge is 2.19. The second-order valence-corrected chi connectivity index (χ2v) is 11.5. The quantitative estimate of drug-likeness (QED) is 0.135. The second kappa shape index (κ2) is 14.9. The van der Waals surface area contributed by atoms with Gasteiger partial charge in [0.2, 0.25) is 6.79 Å². The Morgan fingerprint density at radius 1 is 0.881 bits per heavy atom. The van der Waals surface area contributed by atoms with E-state index in [0.29, 0.717) is 18.0 Å². The Morgan fingerprint density at radius 3 is 2.19 bits per heavy atom. The molecule has 3 aromatic carbocycles. The van der Waals surface area contributed by atoms with Gasteiger partial charge in [-0.05, 0) is 96.0 Å². The van der Waals surface area contributed by atoms with E-state index >= 15 is 0 Å². The number of ether oxygens (including phenoxy) is 3. The van der Waals surface area contributed by atoms with Gasteiger partial charge in [-0.3, -0.25) is 0 Å². The SMILES string of the molecule is CCC(=C(c1ccc(OCC(O)CNCC2CCCCC2)cc1)c1ccc(OP(O)O)cc1)c1ccc2c(c1)OCO2. The van der Waals surface area contributed by atoms with Crippen molar-refractivity contribution in [3.8, 4) is 23.0 Å². The lowest BCUT2D eigenvalue weighted by molar-refractivity contribution is 0.105. The highest BCUT2D eigenvalue weighted by molar-refractivity contribution is 7.39. The van der Waals surface area contributed by atoms with Crippen molar-refractivity contribution in [3.63, 3.8) is 0 Å². The van der Waals surface area contributed by atoms with Crippen LogP contribution in [0.5, 0.6) is 23.0 Å². The van der Waals surface area contributed by atoms with Gasteiger partial charge in [0.25, 0.3) is 0 Å². The molecule has 9 heteroatoms. The molecule has 0 aromatic heterocycles. The van der Waals surface area contributed by atoms with Gasteiger partial charge in [0.1, 0.15) is 24.2 Å². The summed E-state index contributed by atoms with van der Waals surface area (Å²) in [7, 11) is -2.49. The van der Waals surface area contributed by atoms with E-state index in [2.05, 4.69) is 12.2 Å². The molecule has 0 amide bonds. The van der Waals surface area contributed by atoms with E-state index in [-0.39, 0.29) is 13.4 Å². The summed E-state index contributed by atoms with van der Waals surface area (Å²) in [5.74, 6) is 3.24. The van der Waals surface area contributed by atoms with Crippen molar-refractivity contribution in [3.05, 3.63) is 83.4 Å². The molecular weight excluding hydrogens is 553 g/mol. The van der Waals surface area contributed by atoms with Gasteiger partial charge in [-0.15, -0.1) is 0 Å². The van der Waals surface area contributed by atoms with Crippen LogP contribution in [0.4, 0.5) is 0 Å². The minimum absolute atomic E-state index is 0.212. The molecule has 2 aliphatic rings. The molecule has 224 valence electrons. The first kappa shape index (κ1) is 30.3. The summed E-state index contributed by atoms with van der Waals surface area (Å²) < 4.78 is 22.2. The molecule has 1 aliphatic carbocycles. The molecule has 0 spiro atoms. The third-order valence-corrected chi connectivity index (χ3v) is 8.20. The fourth-order valence-corrected chi connectivity index (χ4v) is 6.03. The molecule has 1 aliphatic heterocycles. The molecule has 0 radical (unpaired) electrons. The molecule has 1 saturated carbocycles. The first-order chi connectivity index (χ1) is 20.5. The van der Waals surface area contributed by atoms with Crippen LogP contribution >= 0.6 is 8.60 Å². The summed E-state index contributed by atoms with van der Waals surface area (Å²) in [6.45, 7) is 4.02. The first-order valence-corrected chi connectivity index (χ1v) is 15.9. The van der Waals surface area contributed by atoms with Crippen LogP contribution in [0.2, 0.25) is 0 Å². The van der Waals surface area contributed by atoms with E-state index in [9.17, 15) is 14.9 Å². The van der Waals surface area contributed by atoms with Gasteiger partial charge in [-0.1, -0.05) is 56.5 Å². The second-order valence-electron chi connectivity index (χ2n) is 10.8. The van der Waals surface area contributed by atoms with Crippen molar-refractivity contribution in [2.45, 2.75) is 51.6 Å². The standard InChI is InChI=1S/C33H40NO7P/c1-2-30(26-12-17-31-32(18-26)40-22-39-31)33(25-10-15-29(16-11-25)41-42(36)37)24-8-13-28(14-9-24)38-21-27(35)20-34-19-23-6-4-3-5-7-23/h8-18,23,27,34-37H,2-7,19-22H2,1H3. The van der Waals surface area contributed by atoms with E-state index in [1.165, 1.54) is 32.1 Å². The van der Waals surface area contributed by atoms with Crippen LogP contribution in [0.3, 0.4) is 0 Å². The fraction of sp³-hybridized carbons (Fsp3) is 0.394. The molecular formula is C33H40NO7P. The third-order valence-electron chi connectivity index (χ3n) is 7.83. The summed E-state index contributed by atoms with van der Waals surface area (Å²) in [5.41, 5.74) is 5.10. The lowest BCUT2D eigenvalue weighted by Gasteiger charge is -2.22.